The van der Waals surface area contributed by atoms with Crippen LogP contribution < -0.4 is 10.2 Å². The molecule has 0 spiro atoms. The SMILES string of the molecule is Cc1cc(C)n(-c2ccccc2NC(=O)c2ccc(N3CCCC3)c([N+](=O)[O-])c2)n1. The average molecular weight is 405 g/mol. The number of hydrogen-bond donors (Lipinski definition) is 1. The van der Waals surface area contributed by atoms with Gasteiger partial charge in [0, 0.05) is 30.4 Å². The molecule has 2 aromatic carbocycles. The molecule has 8 nitrogen and oxygen atoms in total. The van der Waals surface area contributed by atoms with Gasteiger partial charge in [-0.25, -0.2) is 4.68 Å². The Labute approximate surface area is 174 Å². The molecular weight excluding hydrogens is 382 g/mol. The summed E-state index contributed by atoms with van der Waals surface area (Å²) in [5.74, 6) is -0.403. The van der Waals surface area contributed by atoms with Gasteiger partial charge in [-0.3, -0.25) is 14.9 Å². The maximum Gasteiger partial charge on any atom is 0.293 e. The monoisotopic (exact) mass is 405 g/mol. The molecule has 0 atom stereocenters. The fourth-order valence-corrected chi connectivity index (χ4v) is 3.87. The number of benzene rings is 2. The van der Waals surface area contributed by atoms with Crippen molar-refractivity contribution in [3.63, 3.8) is 0 Å². The van der Waals surface area contributed by atoms with Gasteiger partial charge in [0.2, 0.25) is 0 Å². The molecule has 1 aliphatic heterocycles. The van der Waals surface area contributed by atoms with E-state index in [1.807, 2.05) is 43.0 Å². The van der Waals surface area contributed by atoms with Gasteiger partial charge in [0.05, 0.1) is 22.0 Å². The summed E-state index contributed by atoms with van der Waals surface area (Å²) in [5, 5.41) is 19.0. The number of rotatable bonds is 5. The van der Waals surface area contributed by atoms with Crippen molar-refractivity contribution in [1.82, 2.24) is 9.78 Å². The van der Waals surface area contributed by atoms with Gasteiger partial charge >= 0.3 is 0 Å². The van der Waals surface area contributed by atoms with Crippen LogP contribution >= 0.6 is 0 Å². The first-order chi connectivity index (χ1) is 14.4. The lowest BCUT2D eigenvalue weighted by Crippen LogP contribution is -2.20. The highest BCUT2D eigenvalue weighted by Crippen LogP contribution is 2.32. The second kappa shape index (κ2) is 7.98. The Balaban J connectivity index is 1.64. The van der Waals surface area contributed by atoms with E-state index in [1.165, 1.54) is 6.07 Å². The van der Waals surface area contributed by atoms with Crippen LogP contribution in [0.4, 0.5) is 17.1 Å². The maximum atomic E-state index is 12.9. The molecule has 0 saturated carbocycles. The molecule has 0 unspecified atom stereocenters. The van der Waals surface area contributed by atoms with Gasteiger partial charge in [-0.15, -0.1) is 0 Å². The Hall–Kier alpha value is -3.68. The lowest BCUT2D eigenvalue weighted by molar-refractivity contribution is -0.384. The summed E-state index contributed by atoms with van der Waals surface area (Å²) >= 11 is 0. The zero-order valence-corrected chi connectivity index (χ0v) is 17.0. The number of amides is 1. The molecule has 1 aromatic heterocycles. The second-order valence-corrected chi connectivity index (χ2v) is 7.46. The van der Waals surface area contributed by atoms with Gasteiger partial charge in [0.15, 0.2) is 0 Å². The van der Waals surface area contributed by atoms with E-state index < -0.39 is 10.8 Å². The number of carbonyl (C=O) groups excluding carboxylic acids is 1. The van der Waals surface area contributed by atoms with Crippen LogP contribution in [0.25, 0.3) is 5.69 Å². The molecule has 3 aromatic rings. The Morgan fingerprint density at radius 1 is 1.07 bits per heavy atom. The molecule has 0 radical (unpaired) electrons. The number of aromatic nitrogens is 2. The highest BCUT2D eigenvalue weighted by molar-refractivity contribution is 6.06. The third-order valence-corrected chi connectivity index (χ3v) is 5.27. The quantitative estimate of drug-likeness (QED) is 0.506. The zero-order valence-electron chi connectivity index (χ0n) is 17.0. The van der Waals surface area contributed by atoms with Crippen molar-refractivity contribution in [3.8, 4) is 5.69 Å². The van der Waals surface area contributed by atoms with Crippen LogP contribution in [-0.2, 0) is 0 Å². The predicted molar refractivity (Wildman–Crippen MR) is 116 cm³/mol. The first-order valence-electron chi connectivity index (χ1n) is 9.91. The highest BCUT2D eigenvalue weighted by Gasteiger charge is 2.24. The van der Waals surface area contributed by atoms with Crippen molar-refractivity contribution >= 4 is 23.0 Å². The summed E-state index contributed by atoms with van der Waals surface area (Å²) < 4.78 is 1.77. The minimum atomic E-state index is -0.422. The van der Waals surface area contributed by atoms with E-state index in [2.05, 4.69) is 10.4 Å². The average Bonchev–Trinajstić information content (AvgIpc) is 3.37. The van der Waals surface area contributed by atoms with E-state index in [9.17, 15) is 14.9 Å². The normalized spacial score (nSPS) is 13.5. The molecular formula is C22H23N5O3. The van der Waals surface area contributed by atoms with Crippen LogP contribution in [0.2, 0.25) is 0 Å². The van der Waals surface area contributed by atoms with E-state index in [0.29, 0.717) is 11.4 Å². The molecule has 1 aliphatic rings. The standard InChI is InChI=1S/C22H23N5O3/c1-15-13-16(2)26(24-15)19-8-4-3-7-18(19)23-22(28)17-9-10-20(21(14-17)27(29)30)25-11-5-6-12-25/h3-4,7-10,13-14H,5-6,11-12H2,1-2H3,(H,23,28). The minimum absolute atomic E-state index is 0.0450. The summed E-state index contributed by atoms with van der Waals surface area (Å²) in [5.41, 5.74) is 3.91. The molecule has 1 fully saturated rings. The Bertz CT molecular complexity index is 1120. The van der Waals surface area contributed by atoms with E-state index >= 15 is 0 Å². The zero-order chi connectivity index (χ0) is 21.3. The number of nitro benzene ring substituents is 1. The number of nitrogens with zero attached hydrogens (tertiary/aromatic N) is 4. The Morgan fingerprint density at radius 2 is 1.80 bits per heavy atom. The summed E-state index contributed by atoms with van der Waals surface area (Å²) in [7, 11) is 0. The van der Waals surface area contributed by atoms with Crippen LogP contribution in [-0.4, -0.2) is 33.7 Å². The van der Waals surface area contributed by atoms with Gasteiger partial charge in [-0.2, -0.15) is 5.10 Å². The molecule has 30 heavy (non-hydrogen) atoms. The lowest BCUT2D eigenvalue weighted by Gasteiger charge is -2.18. The Morgan fingerprint density at radius 3 is 2.47 bits per heavy atom. The van der Waals surface area contributed by atoms with Gasteiger partial charge in [0.25, 0.3) is 11.6 Å². The van der Waals surface area contributed by atoms with Gasteiger partial charge in [-0.05, 0) is 57.0 Å². The number of para-hydroxylation sites is 2. The highest BCUT2D eigenvalue weighted by atomic mass is 16.6. The number of nitrogens with one attached hydrogen (secondary N) is 1. The van der Waals surface area contributed by atoms with Crippen molar-refractivity contribution in [2.75, 3.05) is 23.3 Å². The lowest BCUT2D eigenvalue weighted by atomic mass is 10.1. The molecule has 8 heteroatoms. The number of hydrogen-bond acceptors (Lipinski definition) is 5. The van der Waals surface area contributed by atoms with Crippen LogP contribution in [0.5, 0.6) is 0 Å². The van der Waals surface area contributed by atoms with E-state index in [1.54, 1.807) is 22.9 Å². The summed E-state index contributed by atoms with van der Waals surface area (Å²) in [6.07, 6.45) is 2.03. The van der Waals surface area contributed by atoms with E-state index in [0.717, 1.165) is 43.0 Å². The number of aryl methyl sites for hydroxylation is 2. The van der Waals surface area contributed by atoms with Crippen molar-refractivity contribution in [2.45, 2.75) is 26.7 Å². The Kier molecular flexibility index (Phi) is 5.22. The first-order valence-corrected chi connectivity index (χ1v) is 9.91. The number of carbonyl (C=O) groups is 1. The third kappa shape index (κ3) is 3.76. The first kappa shape index (κ1) is 19.6. The summed E-state index contributed by atoms with van der Waals surface area (Å²) in [6, 6.07) is 14.0. The molecule has 0 bridgehead atoms. The van der Waals surface area contributed by atoms with E-state index in [4.69, 9.17) is 0 Å². The van der Waals surface area contributed by atoms with Crippen molar-refractivity contribution in [2.24, 2.45) is 0 Å². The molecule has 1 amide bonds. The largest absolute Gasteiger partial charge is 0.366 e. The number of nitro groups is 1. The fraction of sp³-hybridized carbons (Fsp3) is 0.273. The van der Waals surface area contributed by atoms with Crippen molar-refractivity contribution < 1.29 is 9.72 Å². The number of anilines is 2. The smallest absolute Gasteiger partial charge is 0.293 e. The summed E-state index contributed by atoms with van der Waals surface area (Å²) in [4.78, 5) is 26.1. The molecule has 0 aliphatic carbocycles. The van der Waals surface area contributed by atoms with E-state index in [-0.39, 0.29) is 11.3 Å². The second-order valence-electron chi connectivity index (χ2n) is 7.46. The predicted octanol–water partition coefficient (Wildman–Crippen LogP) is 4.25. The third-order valence-electron chi connectivity index (χ3n) is 5.27. The van der Waals surface area contributed by atoms with Crippen LogP contribution in [0.3, 0.4) is 0 Å². The summed E-state index contributed by atoms with van der Waals surface area (Å²) in [6.45, 7) is 5.44. The van der Waals surface area contributed by atoms with Crippen molar-refractivity contribution in [3.05, 3.63) is 75.6 Å². The minimum Gasteiger partial charge on any atom is -0.366 e. The molecule has 154 valence electrons. The molecule has 1 saturated heterocycles. The molecule has 4 rings (SSSR count). The van der Waals surface area contributed by atoms with Crippen LogP contribution in [0, 0.1) is 24.0 Å². The fourth-order valence-electron chi connectivity index (χ4n) is 3.87. The van der Waals surface area contributed by atoms with Crippen LogP contribution in [0.1, 0.15) is 34.6 Å². The molecule has 1 N–H and O–H groups in total. The van der Waals surface area contributed by atoms with Gasteiger partial charge < -0.3 is 10.2 Å². The molecule has 2 heterocycles. The topological polar surface area (TPSA) is 93.3 Å². The van der Waals surface area contributed by atoms with Gasteiger partial charge in [0.1, 0.15) is 5.69 Å². The maximum absolute atomic E-state index is 12.9. The van der Waals surface area contributed by atoms with Gasteiger partial charge in [-0.1, -0.05) is 12.1 Å². The van der Waals surface area contributed by atoms with Crippen LogP contribution in [0.15, 0.2) is 48.5 Å². The van der Waals surface area contributed by atoms with Crippen molar-refractivity contribution in [1.29, 1.82) is 0 Å².